The SMILES string of the molecule is O=C(c1ccc(Cl)cc1)[C@H]1C(=O)N(c2ccc(Oc3ccccc3)cc2)C(=O)N[C@@H]1c1ccc([N+](=O)[O-])cc1. The fourth-order valence-electron chi connectivity index (χ4n) is 4.33. The van der Waals surface area contributed by atoms with E-state index in [1.165, 1.54) is 48.5 Å². The molecule has 1 fully saturated rings. The van der Waals surface area contributed by atoms with Gasteiger partial charge < -0.3 is 10.1 Å². The van der Waals surface area contributed by atoms with Crippen molar-refractivity contribution < 1.29 is 24.0 Å². The molecule has 194 valence electrons. The number of nitrogens with one attached hydrogen (secondary N) is 1. The van der Waals surface area contributed by atoms with Crippen LogP contribution in [0.1, 0.15) is 22.0 Å². The summed E-state index contributed by atoms with van der Waals surface area (Å²) in [7, 11) is 0. The molecule has 0 aromatic heterocycles. The summed E-state index contributed by atoms with van der Waals surface area (Å²) >= 11 is 5.97. The maximum Gasteiger partial charge on any atom is 0.329 e. The number of non-ortho nitro benzene ring substituents is 1. The van der Waals surface area contributed by atoms with Crippen LogP contribution in [-0.2, 0) is 4.79 Å². The Hall–Kier alpha value is -5.02. The number of hydrogen-bond acceptors (Lipinski definition) is 6. The monoisotopic (exact) mass is 541 g/mol. The largest absolute Gasteiger partial charge is 0.457 e. The minimum absolute atomic E-state index is 0.160. The molecule has 1 heterocycles. The number of nitrogens with zero attached hydrogens (tertiary/aromatic N) is 2. The zero-order valence-electron chi connectivity index (χ0n) is 20.2. The highest BCUT2D eigenvalue weighted by Crippen LogP contribution is 2.35. The Bertz CT molecular complexity index is 1540. The predicted molar refractivity (Wildman–Crippen MR) is 144 cm³/mol. The standard InChI is InChI=1S/C29H20ClN3O6/c30-20-10-6-19(7-11-20)27(34)25-26(18-8-12-22(13-9-18)33(37)38)31-29(36)32(28(25)35)21-14-16-24(17-15-21)39-23-4-2-1-3-5-23/h1-17,25-26H,(H,31,36)/t25-,26+/m0/s1. The lowest BCUT2D eigenvalue weighted by Gasteiger charge is -2.37. The highest BCUT2D eigenvalue weighted by molar-refractivity contribution is 6.31. The molecule has 0 saturated carbocycles. The summed E-state index contributed by atoms with van der Waals surface area (Å²) in [6, 6.07) is 25.1. The number of Topliss-reactive ketones (excluding diaryl/α,β-unsaturated/α-hetero) is 1. The Kier molecular flexibility index (Phi) is 7.07. The minimum atomic E-state index is -1.34. The number of hydrogen-bond donors (Lipinski definition) is 1. The number of rotatable bonds is 7. The van der Waals surface area contributed by atoms with Crippen molar-refractivity contribution in [3.05, 3.63) is 129 Å². The fraction of sp³-hybridized carbons (Fsp3) is 0.0690. The number of imide groups is 1. The summed E-state index contributed by atoms with van der Waals surface area (Å²) in [5.74, 6) is -1.50. The molecular weight excluding hydrogens is 522 g/mol. The quantitative estimate of drug-likeness (QED) is 0.126. The first kappa shape index (κ1) is 25.6. The maximum absolute atomic E-state index is 13.8. The number of nitro groups is 1. The number of halogens is 1. The third-order valence-electron chi connectivity index (χ3n) is 6.25. The number of amides is 3. The van der Waals surface area contributed by atoms with Crippen LogP contribution in [0, 0.1) is 16.0 Å². The lowest BCUT2D eigenvalue weighted by atomic mass is 9.84. The number of ether oxygens (including phenoxy) is 1. The van der Waals surface area contributed by atoms with E-state index in [1.807, 2.05) is 18.2 Å². The maximum atomic E-state index is 13.8. The van der Waals surface area contributed by atoms with Gasteiger partial charge in [-0.2, -0.15) is 0 Å². The third-order valence-corrected chi connectivity index (χ3v) is 6.50. The summed E-state index contributed by atoms with van der Waals surface area (Å²) in [5.41, 5.74) is 0.689. The fourth-order valence-corrected chi connectivity index (χ4v) is 4.46. The van der Waals surface area contributed by atoms with Gasteiger partial charge in [0.15, 0.2) is 5.78 Å². The van der Waals surface area contributed by atoms with E-state index in [0.717, 1.165) is 4.90 Å². The van der Waals surface area contributed by atoms with Gasteiger partial charge in [0, 0.05) is 22.7 Å². The summed E-state index contributed by atoms with van der Waals surface area (Å²) < 4.78 is 5.79. The highest BCUT2D eigenvalue weighted by Gasteiger charge is 2.46. The molecule has 0 radical (unpaired) electrons. The summed E-state index contributed by atoms with van der Waals surface area (Å²) in [6.45, 7) is 0. The van der Waals surface area contributed by atoms with Crippen molar-refractivity contribution in [2.24, 2.45) is 5.92 Å². The Morgan fingerprint density at radius 3 is 2.08 bits per heavy atom. The van der Waals surface area contributed by atoms with Crippen LogP contribution in [0.3, 0.4) is 0 Å². The molecule has 0 unspecified atom stereocenters. The minimum Gasteiger partial charge on any atom is -0.457 e. The second-order valence-electron chi connectivity index (χ2n) is 8.71. The first-order valence-corrected chi connectivity index (χ1v) is 12.2. The average Bonchev–Trinajstić information content (AvgIpc) is 2.94. The molecule has 4 aromatic rings. The molecule has 39 heavy (non-hydrogen) atoms. The summed E-state index contributed by atoms with van der Waals surface area (Å²) in [4.78, 5) is 52.2. The van der Waals surface area contributed by atoms with Gasteiger partial charge >= 0.3 is 6.03 Å². The van der Waals surface area contributed by atoms with Crippen molar-refractivity contribution in [3.63, 3.8) is 0 Å². The molecule has 0 bridgehead atoms. The average molecular weight is 542 g/mol. The molecule has 4 aromatic carbocycles. The van der Waals surface area contributed by atoms with Crippen molar-refractivity contribution in [1.82, 2.24) is 5.32 Å². The second kappa shape index (κ2) is 10.8. The van der Waals surface area contributed by atoms with Gasteiger partial charge in [0.05, 0.1) is 16.7 Å². The molecule has 0 spiro atoms. The summed E-state index contributed by atoms with van der Waals surface area (Å²) in [5, 5.41) is 14.3. The van der Waals surface area contributed by atoms with Gasteiger partial charge in [-0.25, -0.2) is 9.69 Å². The van der Waals surface area contributed by atoms with Crippen LogP contribution in [0.25, 0.3) is 0 Å². The van der Waals surface area contributed by atoms with Crippen LogP contribution in [-0.4, -0.2) is 22.6 Å². The zero-order chi connectivity index (χ0) is 27.5. The van der Waals surface area contributed by atoms with E-state index in [-0.39, 0.29) is 16.9 Å². The number of carbonyl (C=O) groups excluding carboxylic acids is 3. The molecule has 2 atom stereocenters. The van der Waals surface area contributed by atoms with Crippen LogP contribution in [0.2, 0.25) is 5.02 Å². The molecule has 3 amide bonds. The number of urea groups is 1. The molecule has 1 N–H and O–H groups in total. The Morgan fingerprint density at radius 2 is 1.46 bits per heavy atom. The van der Waals surface area contributed by atoms with Gasteiger partial charge in [0.2, 0.25) is 5.91 Å². The van der Waals surface area contributed by atoms with Crippen LogP contribution in [0.15, 0.2) is 103 Å². The van der Waals surface area contributed by atoms with Gasteiger partial charge in [-0.15, -0.1) is 0 Å². The molecule has 5 rings (SSSR count). The Balaban J connectivity index is 1.48. The normalized spacial score (nSPS) is 16.9. The van der Waals surface area contributed by atoms with E-state index in [0.29, 0.717) is 22.1 Å². The van der Waals surface area contributed by atoms with Gasteiger partial charge in [-0.05, 0) is 66.2 Å². The third kappa shape index (κ3) is 5.34. The lowest BCUT2D eigenvalue weighted by molar-refractivity contribution is -0.384. The number of para-hydroxylation sites is 1. The van der Waals surface area contributed by atoms with Crippen molar-refractivity contribution >= 4 is 40.7 Å². The van der Waals surface area contributed by atoms with Crippen LogP contribution >= 0.6 is 11.6 Å². The van der Waals surface area contributed by atoms with Gasteiger partial charge in [0.25, 0.3) is 5.69 Å². The molecule has 0 aliphatic carbocycles. The van der Waals surface area contributed by atoms with Crippen LogP contribution in [0.4, 0.5) is 16.2 Å². The molecule has 1 saturated heterocycles. The van der Waals surface area contributed by atoms with E-state index >= 15 is 0 Å². The highest BCUT2D eigenvalue weighted by atomic mass is 35.5. The molecule has 9 nitrogen and oxygen atoms in total. The van der Waals surface area contributed by atoms with Crippen molar-refractivity contribution in [2.75, 3.05) is 4.90 Å². The van der Waals surface area contributed by atoms with Gasteiger partial charge in [-0.3, -0.25) is 19.7 Å². The van der Waals surface area contributed by atoms with Crippen LogP contribution < -0.4 is 15.0 Å². The van der Waals surface area contributed by atoms with E-state index in [9.17, 15) is 24.5 Å². The van der Waals surface area contributed by atoms with Gasteiger partial charge in [0.1, 0.15) is 17.4 Å². The lowest BCUT2D eigenvalue weighted by Crippen LogP contribution is -2.58. The molecular formula is C29H20ClN3O6. The molecule has 10 heteroatoms. The van der Waals surface area contributed by atoms with Gasteiger partial charge in [-0.1, -0.05) is 41.9 Å². The number of anilines is 1. The number of benzene rings is 4. The van der Waals surface area contributed by atoms with E-state index < -0.39 is 34.6 Å². The number of ketones is 1. The molecule has 1 aliphatic rings. The smallest absolute Gasteiger partial charge is 0.329 e. The first-order valence-electron chi connectivity index (χ1n) is 11.8. The summed E-state index contributed by atoms with van der Waals surface area (Å²) in [6.07, 6.45) is 0. The van der Waals surface area contributed by atoms with E-state index in [4.69, 9.17) is 16.3 Å². The Morgan fingerprint density at radius 1 is 0.846 bits per heavy atom. The second-order valence-corrected chi connectivity index (χ2v) is 9.14. The van der Waals surface area contributed by atoms with Crippen LogP contribution in [0.5, 0.6) is 11.5 Å². The topological polar surface area (TPSA) is 119 Å². The van der Waals surface area contributed by atoms with Crippen molar-refractivity contribution in [1.29, 1.82) is 0 Å². The molecule has 1 aliphatic heterocycles. The Labute approximate surface area is 227 Å². The first-order chi connectivity index (χ1) is 18.8. The number of carbonyl (C=O) groups is 3. The van der Waals surface area contributed by atoms with E-state index in [1.54, 1.807) is 36.4 Å². The zero-order valence-corrected chi connectivity index (χ0v) is 20.9. The predicted octanol–water partition coefficient (Wildman–Crippen LogP) is 6.34. The van der Waals surface area contributed by atoms with Crippen molar-refractivity contribution in [3.8, 4) is 11.5 Å². The van der Waals surface area contributed by atoms with Crippen molar-refractivity contribution in [2.45, 2.75) is 6.04 Å². The number of nitro benzene ring substituents is 1. The van der Waals surface area contributed by atoms with E-state index in [2.05, 4.69) is 5.32 Å².